The van der Waals surface area contributed by atoms with Gasteiger partial charge < -0.3 is 15.4 Å². The van der Waals surface area contributed by atoms with E-state index in [-0.39, 0.29) is 18.1 Å². The van der Waals surface area contributed by atoms with Crippen molar-refractivity contribution in [3.63, 3.8) is 0 Å². The Morgan fingerprint density at radius 2 is 2.32 bits per heavy atom. The number of nitrogens with zero attached hydrogens (tertiary/aromatic N) is 3. The quantitative estimate of drug-likeness (QED) is 0.837. The first-order valence-electron chi connectivity index (χ1n) is 7.18. The van der Waals surface area contributed by atoms with E-state index < -0.39 is 0 Å². The van der Waals surface area contributed by atoms with E-state index in [9.17, 15) is 4.79 Å². The summed E-state index contributed by atoms with van der Waals surface area (Å²) in [5.41, 5.74) is 0.857. The molecule has 2 aromatic heterocycles. The van der Waals surface area contributed by atoms with Crippen molar-refractivity contribution in [2.45, 2.75) is 31.4 Å². The van der Waals surface area contributed by atoms with Crippen LogP contribution in [0, 0.1) is 0 Å². The van der Waals surface area contributed by atoms with Crippen LogP contribution in [0.15, 0.2) is 12.3 Å². The number of rotatable bonds is 4. The first-order valence-corrected chi connectivity index (χ1v) is 7.56. The van der Waals surface area contributed by atoms with Crippen LogP contribution < -0.4 is 10.6 Å². The molecule has 1 aliphatic rings. The Hall–Kier alpha value is -1.86. The molecule has 0 radical (unpaired) electrons. The van der Waals surface area contributed by atoms with Crippen LogP contribution in [0.5, 0.6) is 0 Å². The summed E-state index contributed by atoms with van der Waals surface area (Å²) >= 11 is 6.00. The number of anilines is 1. The Labute approximate surface area is 133 Å². The third-order valence-electron chi connectivity index (χ3n) is 3.99. The number of carbonyl (C=O) groups excluding carboxylic acids is 1. The predicted molar refractivity (Wildman–Crippen MR) is 83.4 cm³/mol. The predicted octanol–water partition coefficient (Wildman–Crippen LogP) is 1.72. The van der Waals surface area contributed by atoms with E-state index in [2.05, 4.69) is 20.7 Å². The van der Waals surface area contributed by atoms with Gasteiger partial charge in [0.1, 0.15) is 16.5 Å². The minimum atomic E-state index is -0.187. The van der Waals surface area contributed by atoms with Crippen LogP contribution in [-0.4, -0.2) is 46.8 Å². The van der Waals surface area contributed by atoms with Crippen molar-refractivity contribution >= 4 is 29.0 Å². The number of hydrogen-bond acceptors (Lipinski definition) is 5. The van der Waals surface area contributed by atoms with Crippen LogP contribution in [0.3, 0.4) is 0 Å². The summed E-state index contributed by atoms with van der Waals surface area (Å²) in [6.07, 6.45) is 4.44. The number of fused-ring (bicyclic) bond motifs is 1. The van der Waals surface area contributed by atoms with E-state index in [1.807, 2.05) is 0 Å². The fourth-order valence-electron chi connectivity index (χ4n) is 2.82. The second-order valence-corrected chi connectivity index (χ2v) is 5.74. The number of aromatic nitrogens is 3. The summed E-state index contributed by atoms with van der Waals surface area (Å²) in [5, 5.41) is 10.5. The van der Waals surface area contributed by atoms with E-state index in [1.165, 1.54) is 6.20 Å². The van der Waals surface area contributed by atoms with Crippen molar-refractivity contribution in [2.75, 3.05) is 19.5 Å². The third-order valence-corrected chi connectivity index (χ3v) is 4.19. The van der Waals surface area contributed by atoms with Gasteiger partial charge in [0.25, 0.3) is 5.91 Å². The van der Waals surface area contributed by atoms with Crippen molar-refractivity contribution in [2.24, 2.45) is 0 Å². The average molecular weight is 324 g/mol. The first kappa shape index (κ1) is 15.1. The van der Waals surface area contributed by atoms with Crippen molar-refractivity contribution in [1.82, 2.24) is 19.9 Å². The van der Waals surface area contributed by atoms with Gasteiger partial charge in [0.15, 0.2) is 5.65 Å². The molecule has 1 amide bonds. The molecular weight excluding hydrogens is 306 g/mol. The monoisotopic (exact) mass is 323 g/mol. The second kappa shape index (κ2) is 6.10. The molecule has 1 saturated carbocycles. The molecular formula is C14H18ClN5O2. The average Bonchev–Trinajstić information content (AvgIpc) is 3.12. The fraction of sp³-hybridized carbons (Fsp3) is 0.500. The summed E-state index contributed by atoms with van der Waals surface area (Å²) in [6.45, 7) is 0. The Morgan fingerprint density at radius 1 is 1.50 bits per heavy atom. The van der Waals surface area contributed by atoms with E-state index in [0.29, 0.717) is 22.2 Å². The number of methoxy groups -OCH3 is 1. The van der Waals surface area contributed by atoms with Crippen LogP contribution in [0.25, 0.3) is 5.65 Å². The molecule has 3 rings (SSSR count). The molecule has 2 atom stereocenters. The standard InChI is InChI=1S/C14H18ClN5O2/c1-16-12-6-11(15)19-13-10(7-17-20(12)13)14(21)18-8-3-4-9(5-8)22-2/h6-9,16H,3-5H2,1-2H3,(H,18,21)/t8?,9-/m1/s1. The Morgan fingerprint density at radius 3 is 3.00 bits per heavy atom. The maximum Gasteiger partial charge on any atom is 0.256 e. The molecule has 0 aromatic carbocycles. The molecule has 1 aliphatic carbocycles. The molecule has 2 N–H and O–H groups in total. The highest BCUT2D eigenvalue weighted by Crippen LogP contribution is 2.23. The van der Waals surface area contributed by atoms with Gasteiger partial charge in [-0.05, 0) is 19.3 Å². The molecule has 0 aliphatic heterocycles. The number of amides is 1. The Kier molecular flexibility index (Phi) is 4.17. The zero-order valence-electron chi connectivity index (χ0n) is 12.5. The zero-order valence-corrected chi connectivity index (χ0v) is 13.2. The topological polar surface area (TPSA) is 80.5 Å². The van der Waals surface area contributed by atoms with Gasteiger partial charge in [-0.2, -0.15) is 9.61 Å². The Bertz CT molecular complexity index is 702. The van der Waals surface area contributed by atoms with E-state index in [1.54, 1.807) is 24.7 Å². The van der Waals surface area contributed by atoms with Crippen LogP contribution in [-0.2, 0) is 4.74 Å². The summed E-state index contributed by atoms with van der Waals surface area (Å²) in [6, 6.07) is 1.78. The lowest BCUT2D eigenvalue weighted by Crippen LogP contribution is -2.33. The first-order chi connectivity index (χ1) is 10.6. The van der Waals surface area contributed by atoms with E-state index in [4.69, 9.17) is 16.3 Å². The summed E-state index contributed by atoms with van der Waals surface area (Å²) in [5.74, 6) is 0.489. The SMILES string of the molecule is CNc1cc(Cl)nc2c(C(=O)NC3CC[C@@H](OC)C3)cnn12. The molecule has 1 fully saturated rings. The number of hydrogen-bond donors (Lipinski definition) is 2. The fourth-order valence-corrected chi connectivity index (χ4v) is 3.00. The largest absolute Gasteiger partial charge is 0.381 e. The number of halogens is 1. The third kappa shape index (κ3) is 2.74. The van der Waals surface area contributed by atoms with Crippen LogP contribution in [0.4, 0.5) is 5.82 Å². The lowest BCUT2D eigenvalue weighted by Gasteiger charge is -2.12. The number of ether oxygens (including phenoxy) is 1. The van der Waals surface area contributed by atoms with Gasteiger partial charge in [0.2, 0.25) is 0 Å². The van der Waals surface area contributed by atoms with Gasteiger partial charge in [-0.3, -0.25) is 4.79 Å². The lowest BCUT2D eigenvalue weighted by molar-refractivity contribution is 0.0916. The van der Waals surface area contributed by atoms with E-state index >= 15 is 0 Å². The molecule has 0 saturated heterocycles. The molecule has 1 unspecified atom stereocenters. The van der Waals surface area contributed by atoms with Crippen LogP contribution in [0.1, 0.15) is 29.6 Å². The summed E-state index contributed by atoms with van der Waals surface area (Å²) < 4.78 is 6.89. The van der Waals surface area contributed by atoms with Gasteiger partial charge in [-0.1, -0.05) is 11.6 Å². The Balaban J connectivity index is 1.84. The second-order valence-electron chi connectivity index (χ2n) is 5.35. The van der Waals surface area contributed by atoms with Crippen molar-refractivity contribution < 1.29 is 9.53 Å². The zero-order chi connectivity index (χ0) is 15.7. The maximum absolute atomic E-state index is 12.5. The summed E-state index contributed by atoms with van der Waals surface area (Å²) in [7, 11) is 3.46. The van der Waals surface area contributed by atoms with Gasteiger partial charge >= 0.3 is 0 Å². The highest BCUT2D eigenvalue weighted by Gasteiger charge is 2.27. The number of carbonyl (C=O) groups is 1. The molecule has 2 heterocycles. The molecule has 7 nitrogen and oxygen atoms in total. The minimum Gasteiger partial charge on any atom is -0.381 e. The molecule has 118 valence electrons. The smallest absolute Gasteiger partial charge is 0.256 e. The molecule has 8 heteroatoms. The van der Waals surface area contributed by atoms with Gasteiger partial charge in [-0.15, -0.1) is 0 Å². The molecule has 0 bridgehead atoms. The summed E-state index contributed by atoms with van der Waals surface area (Å²) in [4.78, 5) is 16.7. The maximum atomic E-state index is 12.5. The van der Waals surface area contributed by atoms with Gasteiger partial charge in [0, 0.05) is 26.3 Å². The number of nitrogens with one attached hydrogen (secondary N) is 2. The minimum absolute atomic E-state index is 0.121. The van der Waals surface area contributed by atoms with Crippen LogP contribution >= 0.6 is 11.6 Å². The molecule has 0 spiro atoms. The van der Waals surface area contributed by atoms with Crippen molar-refractivity contribution in [3.05, 3.63) is 23.0 Å². The molecule has 22 heavy (non-hydrogen) atoms. The normalized spacial score (nSPS) is 21.2. The highest BCUT2D eigenvalue weighted by molar-refractivity contribution is 6.29. The lowest BCUT2D eigenvalue weighted by atomic mass is 10.2. The van der Waals surface area contributed by atoms with E-state index in [0.717, 1.165) is 19.3 Å². The molecule has 2 aromatic rings. The van der Waals surface area contributed by atoms with Gasteiger partial charge in [-0.25, -0.2) is 4.98 Å². The van der Waals surface area contributed by atoms with Crippen LogP contribution in [0.2, 0.25) is 5.15 Å². The van der Waals surface area contributed by atoms with Crippen molar-refractivity contribution in [1.29, 1.82) is 0 Å². The van der Waals surface area contributed by atoms with Gasteiger partial charge in [0.05, 0.1) is 12.3 Å². The van der Waals surface area contributed by atoms with Crippen molar-refractivity contribution in [3.8, 4) is 0 Å². The highest BCUT2D eigenvalue weighted by atomic mass is 35.5.